The molecule has 0 bridgehead atoms. The first-order valence-electron chi connectivity index (χ1n) is 6.35. The molecule has 0 aromatic carbocycles. The number of nitriles is 1. The van der Waals surface area contributed by atoms with Crippen molar-refractivity contribution >= 4 is 5.91 Å². The van der Waals surface area contributed by atoms with Gasteiger partial charge in [-0.2, -0.15) is 10.4 Å². The second kappa shape index (κ2) is 7.49. The van der Waals surface area contributed by atoms with E-state index < -0.39 is 5.92 Å². The van der Waals surface area contributed by atoms with Crippen LogP contribution >= 0.6 is 0 Å². The average molecular weight is 248 g/mol. The molecular formula is C13H20N4O. The van der Waals surface area contributed by atoms with E-state index in [1.807, 2.05) is 26.1 Å². The summed E-state index contributed by atoms with van der Waals surface area (Å²) in [6.07, 6.45) is 5.03. The van der Waals surface area contributed by atoms with Gasteiger partial charge in [-0.3, -0.25) is 9.89 Å². The van der Waals surface area contributed by atoms with E-state index in [2.05, 4.69) is 15.5 Å². The van der Waals surface area contributed by atoms with Crippen LogP contribution in [0.5, 0.6) is 0 Å². The third-order valence-electron chi connectivity index (χ3n) is 2.91. The van der Waals surface area contributed by atoms with Crippen LogP contribution in [0.1, 0.15) is 37.4 Å². The summed E-state index contributed by atoms with van der Waals surface area (Å²) in [4.78, 5) is 11.6. The summed E-state index contributed by atoms with van der Waals surface area (Å²) in [7, 11) is 0. The summed E-state index contributed by atoms with van der Waals surface area (Å²) >= 11 is 0. The predicted molar refractivity (Wildman–Crippen MR) is 68.7 cm³/mol. The van der Waals surface area contributed by atoms with Crippen molar-refractivity contribution in [1.82, 2.24) is 15.5 Å². The second-order valence-electron chi connectivity index (χ2n) is 4.39. The first-order valence-corrected chi connectivity index (χ1v) is 6.35. The van der Waals surface area contributed by atoms with Gasteiger partial charge in [0.25, 0.3) is 0 Å². The van der Waals surface area contributed by atoms with Crippen molar-refractivity contribution in [2.24, 2.45) is 5.92 Å². The minimum Gasteiger partial charge on any atom is -0.355 e. The summed E-state index contributed by atoms with van der Waals surface area (Å²) in [5.74, 6) is -0.658. The molecule has 5 heteroatoms. The Hall–Kier alpha value is -1.83. The Morgan fingerprint density at radius 2 is 2.44 bits per heavy atom. The van der Waals surface area contributed by atoms with Gasteiger partial charge in [0.15, 0.2) is 0 Å². The Morgan fingerprint density at radius 3 is 3.00 bits per heavy atom. The molecule has 1 aromatic rings. The molecule has 0 aliphatic rings. The minimum atomic E-state index is -0.509. The predicted octanol–water partition coefficient (Wildman–Crippen LogP) is 1.71. The van der Waals surface area contributed by atoms with Gasteiger partial charge in [-0.25, -0.2) is 0 Å². The molecule has 1 rings (SSSR count). The number of nitrogens with zero attached hydrogens (tertiary/aromatic N) is 2. The Morgan fingerprint density at radius 1 is 1.67 bits per heavy atom. The van der Waals surface area contributed by atoms with Crippen LogP contribution in [0, 0.1) is 24.2 Å². The highest BCUT2D eigenvalue weighted by atomic mass is 16.1. The van der Waals surface area contributed by atoms with Gasteiger partial charge in [-0.1, -0.05) is 13.3 Å². The van der Waals surface area contributed by atoms with Gasteiger partial charge < -0.3 is 5.32 Å². The van der Waals surface area contributed by atoms with Gasteiger partial charge in [0.05, 0.1) is 12.3 Å². The Kier molecular flexibility index (Phi) is 5.92. The molecule has 0 aliphatic heterocycles. The molecule has 0 radical (unpaired) electrons. The summed E-state index contributed by atoms with van der Waals surface area (Å²) in [5.41, 5.74) is 2.25. The molecule has 0 saturated carbocycles. The van der Waals surface area contributed by atoms with Crippen molar-refractivity contribution in [3.05, 3.63) is 17.5 Å². The van der Waals surface area contributed by atoms with Crippen LogP contribution in [0.3, 0.4) is 0 Å². The lowest BCUT2D eigenvalue weighted by molar-refractivity contribution is -0.123. The molecule has 98 valence electrons. The van der Waals surface area contributed by atoms with Crippen LogP contribution in [-0.2, 0) is 11.2 Å². The molecule has 0 spiro atoms. The third kappa shape index (κ3) is 4.21. The van der Waals surface area contributed by atoms with E-state index in [0.717, 1.165) is 25.0 Å². The number of aromatic amines is 1. The fraction of sp³-hybridized carbons (Fsp3) is 0.615. The average Bonchev–Trinajstić information content (AvgIpc) is 2.77. The van der Waals surface area contributed by atoms with Crippen LogP contribution < -0.4 is 5.32 Å². The van der Waals surface area contributed by atoms with E-state index >= 15 is 0 Å². The molecule has 1 atom stereocenters. The maximum atomic E-state index is 11.6. The van der Waals surface area contributed by atoms with Crippen molar-refractivity contribution < 1.29 is 4.79 Å². The molecule has 1 unspecified atom stereocenters. The number of rotatable bonds is 7. The highest BCUT2D eigenvalue weighted by molar-refractivity contribution is 5.80. The molecule has 18 heavy (non-hydrogen) atoms. The normalized spacial score (nSPS) is 11.8. The molecule has 1 aromatic heterocycles. The number of H-pyrrole nitrogens is 1. The first kappa shape index (κ1) is 14.2. The monoisotopic (exact) mass is 248 g/mol. The number of carbonyl (C=O) groups is 1. The minimum absolute atomic E-state index is 0.150. The zero-order chi connectivity index (χ0) is 13.4. The fourth-order valence-corrected chi connectivity index (χ4v) is 1.78. The van der Waals surface area contributed by atoms with Crippen molar-refractivity contribution in [2.45, 2.75) is 39.5 Å². The van der Waals surface area contributed by atoms with Crippen LogP contribution in [0.4, 0.5) is 0 Å². The van der Waals surface area contributed by atoms with E-state index in [1.54, 1.807) is 0 Å². The topological polar surface area (TPSA) is 81.6 Å². The highest BCUT2D eigenvalue weighted by Gasteiger charge is 2.15. The number of amides is 1. The Bertz CT molecular complexity index is 419. The SMILES string of the molecule is CCCC(C#N)C(=O)NCCCc1cn[nH]c1C. The number of aromatic nitrogens is 2. The summed E-state index contributed by atoms with van der Waals surface area (Å²) in [6, 6.07) is 2.04. The quantitative estimate of drug-likeness (QED) is 0.721. The van der Waals surface area contributed by atoms with Crippen LogP contribution in [0.2, 0.25) is 0 Å². The zero-order valence-corrected chi connectivity index (χ0v) is 11.0. The van der Waals surface area contributed by atoms with E-state index in [4.69, 9.17) is 5.26 Å². The van der Waals surface area contributed by atoms with Gasteiger partial charge in [-0.15, -0.1) is 0 Å². The van der Waals surface area contributed by atoms with E-state index in [1.165, 1.54) is 5.56 Å². The second-order valence-corrected chi connectivity index (χ2v) is 4.39. The lowest BCUT2D eigenvalue weighted by Gasteiger charge is -2.08. The number of carbonyl (C=O) groups excluding carboxylic acids is 1. The molecule has 1 amide bonds. The number of hydrogen-bond acceptors (Lipinski definition) is 3. The largest absolute Gasteiger partial charge is 0.355 e. The zero-order valence-electron chi connectivity index (χ0n) is 11.0. The summed E-state index contributed by atoms with van der Waals surface area (Å²) in [6.45, 7) is 4.55. The lowest BCUT2D eigenvalue weighted by Crippen LogP contribution is -2.30. The van der Waals surface area contributed by atoms with Gasteiger partial charge in [0.1, 0.15) is 5.92 Å². The van der Waals surface area contributed by atoms with Crippen molar-refractivity contribution in [1.29, 1.82) is 5.26 Å². The molecule has 2 N–H and O–H groups in total. The summed E-state index contributed by atoms with van der Waals surface area (Å²) < 4.78 is 0. The standard InChI is InChI=1S/C13H20N4O/c1-3-5-11(8-14)13(18)15-7-4-6-12-9-16-17-10(12)2/h9,11H,3-7H2,1-2H3,(H,15,18)(H,16,17). The Labute approximate surface area is 108 Å². The van der Waals surface area contributed by atoms with Crippen molar-refractivity contribution in [2.75, 3.05) is 6.54 Å². The molecule has 0 aliphatic carbocycles. The third-order valence-corrected chi connectivity index (χ3v) is 2.91. The number of aryl methyl sites for hydroxylation is 2. The molecule has 1 heterocycles. The maximum Gasteiger partial charge on any atom is 0.237 e. The highest BCUT2D eigenvalue weighted by Crippen LogP contribution is 2.06. The van der Waals surface area contributed by atoms with E-state index in [-0.39, 0.29) is 5.91 Å². The molecule has 0 fully saturated rings. The van der Waals surface area contributed by atoms with Gasteiger partial charge >= 0.3 is 0 Å². The first-order chi connectivity index (χ1) is 8.69. The molecule has 5 nitrogen and oxygen atoms in total. The number of nitrogens with one attached hydrogen (secondary N) is 2. The fourth-order valence-electron chi connectivity index (χ4n) is 1.78. The van der Waals surface area contributed by atoms with Gasteiger partial charge in [0, 0.05) is 12.2 Å². The lowest BCUT2D eigenvalue weighted by atomic mass is 10.0. The van der Waals surface area contributed by atoms with Gasteiger partial charge in [-0.05, 0) is 31.7 Å². The molecule has 0 saturated heterocycles. The molecular weight excluding hydrogens is 228 g/mol. The van der Waals surface area contributed by atoms with Crippen molar-refractivity contribution in [3.63, 3.8) is 0 Å². The Balaban J connectivity index is 2.24. The number of hydrogen-bond donors (Lipinski definition) is 2. The van der Waals surface area contributed by atoms with E-state index in [0.29, 0.717) is 13.0 Å². The van der Waals surface area contributed by atoms with Gasteiger partial charge in [0.2, 0.25) is 5.91 Å². The van der Waals surface area contributed by atoms with E-state index in [9.17, 15) is 4.79 Å². The summed E-state index contributed by atoms with van der Waals surface area (Å²) in [5, 5.41) is 18.5. The van der Waals surface area contributed by atoms with Crippen LogP contribution in [0.25, 0.3) is 0 Å². The van der Waals surface area contributed by atoms with Crippen LogP contribution in [-0.4, -0.2) is 22.6 Å². The van der Waals surface area contributed by atoms with Crippen molar-refractivity contribution in [3.8, 4) is 6.07 Å². The smallest absolute Gasteiger partial charge is 0.237 e. The van der Waals surface area contributed by atoms with Crippen LogP contribution in [0.15, 0.2) is 6.20 Å². The maximum absolute atomic E-state index is 11.6.